The molecule has 0 unspecified atom stereocenters. The number of anilines is 2. The molecule has 1 aromatic heterocycles. The Morgan fingerprint density at radius 3 is 2.04 bits per heavy atom. The summed E-state index contributed by atoms with van der Waals surface area (Å²) in [5.41, 5.74) is -0.228. The van der Waals surface area contributed by atoms with Gasteiger partial charge in [-0.2, -0.15) is 26.8 Å². The van der Waals surface area contributed by atoms with E-state index in [1.807, 2.05) is 0 Å². The lowest BCUT2D eigenvalue weighted by atomic mass is 10.1. The zero-order valence-corrected chi connectivity index (χ0v) is 16.4. The highest BCUT2D eigenvalue weighted by Crippen LogP contribution is 2.41. The van der Waals surface area contributed by atoms with E-state index in [0.717, 1.165) is 35.0 Å². The summed E-state index contributed by atoms with van der Waals surface area (Å²) in [5.74, 6) is -0.915. The van der Waals surface area contributed by atoms with Crippen molar-refractivity contribution in [2.24, 2.45) is 0 Å². The number of nitrogens with zero attached hydrogens (tertiary/aromatic N) is 4. The minimum absolute atomic E-state index is 0.119. The van der Waals surface area contributed by atoms with Gasteiger partial charge in [-0.05, 0) is 35.2 Å². The Kier molecular flexibility index (Phi) is 5.07. The molecule has 2 aromatic carbocycles. The van der Waals surface area contributed by atoms with Crippen molar-refractivity contribution in [1.29, 1.82) is 0 Å². The van der Waals surface area contributed by atoms with Crippen LogP contribution < -0.4 is 4.42 Å². The average molecular weight is 467 g/mol. The number of fused-ring (bicyclic) bond motifs is 1. The molecule has 0 atom stereocenters. The summed E-state index contributed by atoms with van der Waals surface area (Å²) < 4.78 is 65.3. The van der Waals surface area contributed by atoms with Gasteiger partial charge in [0.2, 0.25) is 11.2 Å². The molecule has 0 amide bonds. The molecule has 0 bridgehead atoms. The fourth-order valence-corrected chi connectivity index (χ4v) is 3.75. The van der Waals surface area contributed by atoms with E-state index < -0.39 is 35.8 Å². The lowest BCUT2D eigenvalue weighted by Gasteiger charge is -2.18. The fourth-order valence-electron chi connectivity index (χ4n) is 2.34. The van der Waals surface area contributed by atoms with Gasteiger partial charge in [-0.15, -0.1) is 0 Å². The number of benzene rings is 2. The topological polar surface area (TPSA) is 171 Å². The lowest BCUT2D eigenvalue weighted by molar-refractivity contribution is 0.471. The van der Waals surface area contributed by atoms with Crippen molar-refractivity contribution < 1.29 is 31.0 Å². The van der Waals surface area contributed by atoms with E-state index in [0.29, 0.717) is 0 Å². The molecule has 0 aliphatic rings. The van der Waals surface area contributed by atoms with E-state index in [1.165, 1.54) is 0 Å². The minimum atomic E-state index is -4.76. The SMILES string of the molecule is O=S(=O)(O)c1cc(O)c2c(N(Cl)c3ncnc(Cl)n3)cc(S(=O)(=O)O)cc2c1. The average Bonchev–Trinajstić information content (AvgIpc) is 2.58. The third kappa shape index (κ3) is 3.94. The third-order valence-electron chi connectivity index (χ3n) is 3.47. The van der Waals surface area contributed by atoms with Gasteiger partial charge >= 0.3 is 0 Å². The second-order valence-corrected chi connectivity index (χ2v) is 8.79. The number of halogens is 2. The van der Waals surface area contributed by atoms with Gasteiger partial charge in [-0.3, -0.25) is 9.11 Å². The van der Waals surface area contributed by atoms with Gasteiger partial charge in [0, 0.05) is 23.2 Å². The first-order valence-electron chi connectivity index (χ1n) is 6.94. The quantitative estimate of drug-likeness (QED) is 0.379. The molecular weight excluding hydrogens is 459 g/mol. The number of rotatable bonds is 4. The summed E-state index contributed by atoms with van der Waals surface area (Å²) in [6.07, 6.45) is 1.02. The van der Waals surface area contributed by atoms with Gasteiger partial charge in [0.05, 0.1) is 15.5 Å². The van der Waals surface area contributed by atoms with E-state index in [1.54, 1.807) is 0 Å². The predicted molar refractivity (Wildman–Crippen MR) is 98.1 cm³/mol. The van der Waals surface area contributed by atoms with Crippen LogP contribution in [0.2, 0.25) is 5.28 Å². The summed E-state index contributed by atoms with van der Waals surface area (Å²) >= 11 is 11.8. The van der Waals surface area contributed by atoms with Crippen LogP contribution in [0.3, 0.4) is 0 Å². The second kappa shape index (κ2) is 6.95. The molecule has 3 aromatic rings. The molecule has 148 valence electrons. The summed E-state index contributed by atoms with van der Waals surface area (Å²) in [7, 11) is -9.48. The number of aromatic hydroxyl groups is 1. The Morgan fingerprint density at radius 2 is 1.50 bits per heavy atom. The largest absolute Gasteiger partial charge is 0.507 e. The van der Waals surface area contributed by atoms with Crippen LogP contribution in [0.4, 0.5) is 11.6 Å². The first-order valence-corrected chi connectivity index (χ1v) is 10.5. The monoisotopic (exact) mass is 466 g/mol. The predicted octanol–water partition coefficient (Wildman–Crippen LogP) is 2.17. The van der Waals surface area contributed by atoms with Crippen molar-refractivity contribution in [2.45, 2.75) is 9.79 Å². The van der Waals surface area contributed by atoms with Crippen LogP contribution in [0.5, 0.6) is 5.75 Å². The first kappa shape index (κ1) is 20.4. The Hall–Kier alpha value is -2.29. The summed E-state index contributed by atoms with van der Waals surface area (Å²) in [6.45, 7) is 0. The smallest absolute Gasteiger partial charge is 0.294 e. The molecule has 0 aliphatic carbocycles. The maximum atomic E-state index is 11.6. The molecule has 11 nitrogen and oxygen atoms in total. The molecule has 3 N–H and O–H groups in total. The van der Waals surface area contributed by atoms with Crippen molar-refractivity contribution in [3.05, 3.63) is 35.9 Å². The van der Waals surface area contributed by atoms with Gasteiger partial charge in [0.15, 0.2) is 0 Å². The van der Waals surface area contributed by atoms with Crippen LogP contribution in [-0.4, -0.2) is 46.0 Å². The number of phenolic OH excluding ortho intramolecular Hbond substituents is 1. The molecule has 3 rings (SSSR count). The molecular formula is C13H8Cl2N4O7S2. The Bertz CT molecular complexity index is 1310. The third-order valence-corrected chi connectivity index (χ3v) is 5.65. The van der Waals surface area contributed by atoms with Gasteiger partial charge in [-0.1, -0.05) is 0 Å². The number of aromatic nitrogens is 3. The summed E-state index contributed by atoms with van der Waals surface area (Å²) in [6, 6.07) is 3.40. The Labute approximate surface area is 167 Å². The number of hydrogen-bond acceptors (Lipinski definition) is 9. The molecule has 0 fully saturated rings. The zero-order valence-electron chi connectivity index (χ0n) is 13.2. The van der Waals surface area contributed by atoms with E-state index in [-0.39, 0.29) is 27.7 Å². The second-order valence-electron chi connectivity index (χ2n) is 5.27. The van der Waals surface area contributed by atoms with Crippen molar-refractivity contribution >= 4 is 66.0 Å². The standard InChI is InChI=1S/C13H8Cl2N4O7S2/c14-12-16-5-17-13(18-12)19(15)9-3-7(27(21,22)23)1-6-2-8(28(24,25)26)4-10(20)11(6)9/h1-5,20H,(H,21,22,23)(H,24,25,26). The van der Waals surface area contributed by atoms with Gasteiger partial charge < -0.3 is 5.11 Å². The van der Waals surface area contributed by atoms with E-state index >= 15 is 0 Å². The minimum Gasteiger partial charge on any atom is -0.507 e. The van der Waals surface area contributed by atoms with Crippen LogP contribution in [-0.2, 0) is 20.2 Å². The van der Waals surface area contributed by atoms with Gasteiger partial charge in [-0.25, -0.2) is 9.40 Å². The lowest BCUT2D eigenvalue weighted by Crippen LogP contribution is -2.09. The first-order chi connectivity index (χ1) is 12.9. The fraction of sp³-hybridized carbons (Fsp3) is 0. The molecule has 0 aliphatic heterocycles. The van der Waals surface area contributed by atoms with Gasteiger partial charge in [0.1, 0.15) is 12.1 Å². The van der Waals surface area contributed by atoms with Gasteiger partial charge in [0.25, 0.3) is 20.2 Å². The van der Waals surface area contributed by atoms with Crippen LogP contribution >= 0.6 is 23.4 Å². The Morgan fingerprint density at radius 1 is 0.929 bits per heavy atom. The molecule has 0 saturated heterocycles. The van der Waals surface area contributed by atoms with Crippen molar-refractivity contribution in [3.63, 3.8) is 0 Å². The normalized spacial score (nSPS) is 12.3. The highest BCUT2D eigenvalue weighted by Gasteiger charge is 2.23. The van der Waals surface area contributed by atoms with E-state index in [9.17, 15) is 31.0 Å². The maximum Gasteiger partial charge on any atom is 0.294 e. The van der Waals surface area contributed by atoms with Crippen molar-refractivity contribution in [1.82, 2.24) is 15.0 Å². The van der Waals surface area contributed by atoms with Crippen LogP contribution in [0.25, 0.3) is 10.8 Å². The van der Waals surface area contributed by atoms with Crippen molar-refractivity contribution in [2.75, 3.05) is 4.42 Å². The molecule has 0 spiro atoms. The van der Waals surface area contributed by atoms with E-state index in [2.05, 4.69) is 15.0 Å². The maximum absolute atomic E-state index is 11.6. The van der Waals surface area contributed by atoms with Crippen LogP contribution in [0.1, 0.15) is 0 Å². The van der Waals surface area contributed by atoms with E-state index in [4.69, 9.17) is 23.4 Å². The molecule has 0 saturated carbocycles. The number of hydrogen-bond donors (Lipinski definition) is 3. The number of phenols is 1. The highest BCUT2D eigenvalue weighted by molar-refractivity contribution is 7.86. The summed E-state index contributed by atoms with van der Waals surface area (Å²) in [5, 5.41) is 9.76. The molecule has 15 heteroatoms. The highest BCUT2D eigenvalue weighted by atomic mass is 35.5. The molecule has 28 heavy (non-hydrogen) atoms. The van der Waals surface area contributed by atoms with Crippen molar-refractivity contribution in [3.8, 4) is 5.75 Å². The zero-order chi connectivity index (χ0) is 20.9. The van der Waals surface area contributed by atoms with Crippen LogP contribution in [0, 0.1) is 0 Å². The molecule has 1 heterocycles. The summed E-state index contributed by atoms with van der Waals surface area (Å²) in [4.78, 5) is 9.69. The Balaban J connectivity index is 2.40. The van der Waals surface area contributed by atoms with Crippen LogP contribution in [0.15, 0.2) is 40.4 Å². The molecule has 0 radical (unpaired) electrons.